The molecule has 0 aliphatic heterocycles. The van der Waals surface area contributed by atoms with Crippen molar-refractivity contribution >= 4 is 22.5 Å². The van der Waals surface area contributed by atoms with Crippen LogP contribution in [0.4, 0.5) is 0 Å². The number of ether oxygens (including phenoxy) is 1. The Balaban J connectivity index is 2.11. The Hall–Kier alpha value is -2.10. The highest BCUT2D eigenvalue weighted by atomic mass is 35.5. The van der Waals surface area contributed by atoms with E-state index in [4.69, 9.17) is 16.3 Å². The lowest BCUT2D eigenvalue weighted by Gasteiger charge is -2.10. The van der Waals surface area contributed by atoms with Gasteiger partial charge in [-0.1, -0.05) is 41.9 Å². The summed E-state index contributed by atoms with van der Waals surface area (Å²) in [6.45, 7) is -0.141. The number of aliphatic hydroxyl groups is 1. The van der Waals surface area contributed by atoms with Gasteiger partial charge in [0.2, 0.25) is 5.88 Å². The minimum absolute atomic E-state index is 0.141. The molecule has 0 fully saturated rings. The van der Waals surface area contributed by atoms with Crippen molar-refractivity contribution in [2.75, 3.05) is 0 Å². The van der Waals surface area contributed by atoms with Crippen LogP contribution in [0.2, 0.25) is 5.02 Å². The number of nitrogens with zero attached hydrogens (tertiary/aromatic N) is 1. The fraction of sp³-hybridized carbons (Fsp3) is 0.0625. The van der Waals surface area contributed by atoms with Crippen LogP contribution in [0.15, 0.2) is 54.6 Å². The Labute approximate surface area is 121 Å². The maximum atomic E-state index is 9.47. The summed E-state index contributed by atoms with van der Waals surface area (Å²) in [7, 11) is 0. The van der Waals surface area contributed by atoms with Crippen molar-refractivity contribution in [1.82, 2.24) is 4.98 Å². The van der Waals surface area contributed by atoms with Gasteiger partial charge < -0.3 is 9.84 Å². The van der Waals surface area contributed by atoms with Gasteiger partial charge in [0.15, 0.2) is 0 Å². The van der Waals surface area contributed by atoms with E-state index in [2.05, 4.69) is 4.98 Å². The Morgan fingerprint density at radius 3 is 2.60 bits per heavy atom. The lowest BCUT2D eigenvalue weighted by molar-refractivity contribution is 0.275. The van der Waals surface area contributed by atoms with Crippen LogP contribution < -0.4 is 4.74 Å². The molecule has 0 spiro atoms. The standard InChI is InChI=1S/C16H12ClNO2/c17-14-8-4-5-11-9-12(10-19)16(18-15(11)14)20-13-6-2-1-3-7-13/h1-9,19H,10H2. The van der Waals surface area contributed by atoms with Crippen LogP contribution in [0, 0.1) is 0 Å². The molecular formula is C16H12ClNO2. The summed E-state index contributed by atoms with van der Waals surface area (Å²) in [6, 6.07) is 16.7. The van der Waals surface area contributed by atoms with Crippen molar-refractivity contribution in [2.24, 2.45) is 0 Å². The zero-order chi connectivity index (χ0) is 13.9. The molecule has 100 valence electrons. The van der Waals surface area contributed by atoms with Crippen molar-refractivity contribution in [3.63, 3.8) is 0 Å². The highest BCUT2D eigenvalue weighted by molar-refractivity contribution is 6.35. The van der Waals surface area contributed by atoms with Crippen LogP contribution >= 0.6 is 11.6 Å². The number of hydrogen-bond acceptors (Lipinski definition) is 3. The van der Waals surface area contributed by atoms with Gasteiger partial charge in [0.25, 0.3) is 0 Å². The van der Waals surface area contributed by atoms with E-state index in [1.807, 2.05) is 48.5 Å². The van der Waals surface area contributed by atoms with Gasteiger partial charge in [-0.15, -0.1) is 0 Å². The molecule has 0 aliphatic carbocycles. The van der Waals surface area contributed by atoms with Crippen molar-refractivity contribution in [1.29, 1.82) is 0 Å². The summed E-state index contributed by atoms with van der Waals surface area (Å²) in [5.74, 6) is 1.04. The molecule has 3 rings (SSSR count). The smallest absolute Gasteiger partial charge is 0.225 e. The molecule has 0 saturated carbocycles. The van der Waals surface area contributed by atoms with E-state index in [0.29, 0.717) is 27.7 Å². The largest absolute Gasteiger partial charge is 0.439 e. The molecule has 0 unspecified atom stereocenters. The Kier molecular flexibility index (Phi) is 3.54. The van der Waals surface area contributed by atoms with Crippen LogP contribution in [0.5, 0.6) is 11.6 Å². The SMILES string of the molecule is OCc1cc2cccc(Cl)c2nc1Oc1ccccc1. The molecular weight excluding hydrogens is 274 g/mol. The zero-order valence-corrected chi connectivity index (χ0v) is 11.3. The molecule has 0 aliphatic rings. The average Bonchev–Trinajstić information content (AvgIpc) is 2.48. The molecule has 4 heteroatoms. The average molecular weight is 286 g/mol. The third-order valence-electron chi connectivity index (χ3n) is 2.96. The monoisotopic (exact) mass is 285 g/mol. The first-order valence-electron chi connectivity index (χ1n) is 6.20. The molecule has 20 heavy (non-hydrogen) atoms. The molecule has 0 saturated heterocycles. The molecule has 1 N–H and O–H groups in total. The van der Waals surface area contributed by atoms with E-state index >= 15 is 0 Å². The third kappa shape index (κ3) is 2.46. The highest BCUT2D eigenvalue weighted by Gasteiger charge is 2.10. The van der Waals surface area contributed by atoms with Crippen LogP contribution in [0.3, 0.4) is 0 Å². The Morgan fingerprint density at radius 1 is 1.05 bits per heavy atom. The quantitative estimate of drug-likeness (QED) is 0.785. The molecule has 1 heterocycles. The second kappa shape index (κ2) is 5.49. The predicted molar refractivity (Wildman–Crippen MR) is 79.2 cm³/mol. The van der Waals surface area contributed by atoms with Gasteiger partial charge in [-0.2, -0.15) is 0 Å². The first-order valence-corrected chi connectivity index (χ1v) is 6.57. The van der Waals surface area contributed by atoms with Crippen LogP contribution in [0.1, 0.15) is 5.56 Å². The van der Waals surface area contributed by atoms with Gasteiger partial charge in [0.05, 0.1) is 17.1 Å². The molecule has 0 amide bonds. The highest BCUT2D eigenvalue weighted by Crippen LogP contribution is 2.29. The van der Waals surface area contributed by atoms with Crippen molar-refractivity contribution in [3.05, 3.63) is 65.2 Å². The molecule has 0 atom stereocenters. The number of pyridine rings is 1. The first kappa shape index (κ1) is 12.9. The number of hydrogen-bond donors (Lipinski definition) is 1. The maximum absolute atomic E-state index is 9.47. The fourth-order valence-corrected chi connectivity index (χ4v) is 2.22. The third-order valence-corrected chi connectivity index (χ3v) is 3.27. The van der Waals surface area contributed by atoms with E-state index in [1.54, 1.807) is 6.07 Å². The van der Waals surface area contributed by atoms with Gasteiger partial charge in [-0.05, 0) is 24.3 Å². The minimum Gasteiger partial charge on any atom is -0.439 e. The van der Waals surface area contributed by atoms with Gasteiger partial charge in [-0.25, -0.2) is 4.98 Å². The normalized spacial score (nSPS) is 10.7. The number of aromatic nitrogens is 1. The number of rotatable bonds is 3. The molecule has 3 nitrogen and oxygen atoms in total. The van der Waals surface area contributed by atoms with Crippen molar-refractivity contribution in [3.8, 4) is 11.6 Å². The molecule has 2 aromatic carbocycles. The predicted octanol–water partition coefficient (Wildman–Crippen LogP) is 4.17. The van der Waals surface area contributed by atoms with Crippen molar-refractivity contribution in [2.45, 2.75) is 6.61 Å². The van der Waals surface area contributed by atoms with Crippen LogP contribution in [-0.4, -0.2) is 10.1 Å². The first-order chi connectivity index (χ1) is 9.78. The number of aliphatic hydroxyl groups excluding tert-OH is 1. The van der Waals surface area contributed by atoms with E-state index in [-0.39, 0.29) is 6.61 Å². The van der Waals surface area contributed by atoms with Crippen LogP contribution in [0.25, 0.3) is 10.9 Å². The molecule has 0 bridgehead atoms. The number of fused-ring (bicyclic) bond motifs is 1. The summed E-state index contributed by atoms with van der Waals surface area (Å²) in [4.78, 5) is 4.43. The zero-order valence-electron chi connectivity index (χ0n) is 10.6. The van der Waals surface area contributed by atoms with E-state index in [1.165, 1.54) is 0 Å². The summed E-state index contributed by atoms with van der Waals surface area (Å²) in [5.41, 5.74) is 1.29. The molecule has 3 aromatic rings. The van der Waals surface area contributed by atoms with Gasteiger partial charge in [0, 0.05) is 10.9 Å². The number of para-hydroxylation sites is 2. The lowest BCUT2D eigenvalue weighted by Crippen LogP contribution is -1.96. The molecule has 1 aromatic heterocycles. The van der Waals surface area contributed by atoms with E-state index < -0.39 is 0 Å². The second-order valence-corrected chi connectivity index (χ2v) is 4.74. The Morgan fingerprint density at radius 2 is 1.85 bits per heavy atom. The lowest BCUT2D eigenvalue weighted by atomic mass is 10.1. The summed E-state index contributed by atoms with van der Waals surface area (Å²) < 4.78 is 5.73. The van der Waals surface area contributed by atoms with E-state index in [0.717, 1.165) is 5.39 Å². The Bertz CT molecular complexity index is 744. The minimum atomic E-state index is -0.141. The topological polar surface area (TPSA) is 42.4 Å². The van der Waals surface area contributed by atoms with Gasteiger partial charge in [0.1, 0.15) is 5.75 Å². The van der Waals surface area contributed by atoms with Crippen molar-refractivity contribution < 1.29 is 9.84 Å². The maximum Gasteiger partial charge on any atom is 0.225 e. The number of halogens is 1. The van der Waals surface area contributed by atoms with E-state index in [9.17, 15) is 5.11 Å². The summed E-state index contributed by atoms with van der Waals surface area (Å²) in [5, 5.41) is 10.9. The second-order valence-electron chi connectivity index (χ2n) is 4.34. The van der Waals surface area contributed by atoms with Crippen LogP contribution in [-0.2, 0) is 6.61 Å². The summed E-state index contributed by atoms with van der Waals surface area (Å²) >= 11 is 6.15. The van der Waals surface area contributed by atoms with Gasteiger partial charge in [-0.3, -0.25) is 0 Å². The summed E-state index contributed by atoms with van der Waals surface area (Å²) in [6.07, 6.45) is 0. The number of benzene rings is 2. The fourth-order valence-electron chi connectivity index (χ4n) is 1.99. The van der Waals surface area contributed by atoms with Gasteiger partial charge >= 0.3 is 0 Å². The molecule has 0 radical (unpaired) electrons.